The minimum absolute atomic E-state index is 0.169. The molecule has 1 aromatic heterocycles. The predicted molar refractivity (Wildman–Crippen MR) is 88.1 cm³/mol. The summed E-state index contributed by atoms with van der Waals surface area (Å²) < 4.78 is 10.9. The molecule has 0 unspecified atom stereocenters. The first-order valence-electron chi connectivity index (χ1n) is 8.09. The number of aromatic nitrogens is 2. The number of benzene rings is 1. The highest BCUT2D eigenvalue weighted by molar-refractivity contribution is 5.59. The monoisotopic (exact) mass is 322 g/mol. The van der Waals surface area contributed by atoms with Crippen molar-refractivity contribution in [1.29, 1.82) is 5.26 Å². The normalized spacial score (nSPS) is 18.7. The van der Waals surface area contributed by atoms with Gasteiger partial charge in [-0.05, 0) is 49.9 Å². The summed E-state index contributed by atoms with van der Waals surface area (Å²) in [6, 6.07) is 8.53. The van der Waals surface area contributed by atoms with Crippen molar-refractivity contribution in [1.82, 2.24) is 10.2 Å². The number of anilines is 1. The predicted octanol–water partition coefficient (Wildman–Crippen LogP) is 3.04. The lowest BCUT2D eigenvalue weighted by atomic mass is 10.0. The summed E-state index contributed by atoms with van der Waals surface area (Å²) in [6.45, 7) is 4.95. The molecule has 3 heterocycles. The molecular formula is C18H18N4O2. The average molecular weight is 322 g/mol. The van der Waals surface area contributed by atoms with E-state index in [1.165, 1.54) is 0 Å². The third kappa shape index (κ3) is 2.24. The molecule has 1 atom stereocenters. The quantitative estimate of drug-likeness (QED) is 0.846. The number of nitriles is 1. The van der Waals surface area contributed by atoms with Gasteiger partial charge < -0.3 is 14.4 Å². The molecular weight excluding hydrogens is 304 g/mol. The summed E-state index contributed by atoms with van der Waals surface area (Å²) >= 11 is 0. The maximum Gasteiger partial charge on any atom is 0.231 e. The van der Waals surface area contributed by atoms with Crippen LogP contribution in [0.25, 0.3) is 0 Å². The van der Waals surface area contributed by atoms with Crippen molar-refractivity contribution >= 4 is 5.82 Å². The zero-order valence-corrected chi connectivity index (χ0v) is 13.7. The zero-order chi connectivity index (χ0) is 16.7. The molecule has 6 nitrogen and oxygen atoms in total. The standard InChI is InChI=1S/C18H18N4O2/c1-11-12(2)20-21-18(14(11)9-19)22-7-3-4-15(22)13-5-6-16-17(8-13)24-10-23-16/h5-6,8,15H,3-4,7,10H2,1-2H3/t15-/m1/s1. The average Bonchev–Trinajstić information content (AvgIpc) is 3.25. The third-order valence-corrected chi connectivity index (χ3v) is 4.85. The second-order valence-corrected chi connectivity index (χ2v) is 6.18. The minimum atomic E-state index is 0.169. The summed E-state index contributed by atoms with van der Waals surface area (Å²) in [5.41, 5.74) is 3.48. The maximum absolute atomic E-state index is 9.59. The van der Waals surface area contributed by atoms with Gasteiger partial charge in [0.1, 0.15) is 11.6 Å². The van der Waals surface area contributed by atoms with Gasteiger partial charge in [-0.15, -0.1) is 5.10 Å². The van der Waals surface area contributed by atoms with E-state index in [4.69, 9.17) is 9.47 Å². The Balaban J connectivity index is 1.74. The van der Waals surface area contributed by atoms with Crippen LogP contribution in [-0.4, -0.2) is 23.5 Å². The summed E-state index contributed by atoms with van der Waals surface area (Å²) in [6.07, 6.45) is 2.07. The highest BCUT2D eigenvalue weighted by Crippen LogP contribution is 2.41. The molecule has 0 amide bonds. The summed E-state index contributed by atoms with van der Waals surface area (Å²) in [5, 5.41) is 18.2. The molecule has 0 radical (unpaired) electrons. The third-order valence-electron chi connectivity index (χ3n) is 4.85. The maximum atomic E-state index is 9.59. The van der Waals surface area contributed by atoms with E-state index in [9.17, 15) is 5.26 Å². The van der Waals surface area contributed by atoms with Crippen LogP contribution in [0.15, 0.2) is 18.2 Å². The molecule has 1 aromatic carbocycles. The van der Waals surface area contributed by atoms with Gasteiger partial charge in [-0.25, -0.2) is 0 Å². The van der Waals surface area contributed by atoms with Gasteiger partial charge in [-0.3, -0.25) is 0 Å². The molecule has 2 aromatic rings. The molecule has 1 saturated heterocycles. The Morgan fingerprint density at radius 2 is 2.04 bits per heavy atom. The highest BCUT2D eigenvalue weighted by atomic mass is 16.7. The van der Waals surface area contributed by atoms with E-state index in [-0.39, 0.29) is 12.8 Å². The van der Waals surface area contributed by atoms with Gasteiger partial charge in [-0.1, -0.05) is 6.07 Å². The fourth-order valence-electron chi connectivity index (χ4n) is 3.42. The molecule has 6 heteroatoms. The lowest BCUT2D eigenvalue weighted by Crippen LogP contribution is -2.25. The minimum Gasteiger partial charge on any atom is -0.454 e. The van der Waals surface area contributed by atoms with E-state index in [0.717, 1.165) is 47.7 Å². The molecule has 2 aliphatic heterocycles. The number of hydrogen-bond donors (Lipinski definition) is 0. The molecule has 2 aliphatic rings. The number of nitrogens with zero attached hydrogens (tertiary/aromatic N) is 4. The Labute approximate surface area is 140 Å². The summed E-state index contributed by atoms with van der Waals surface area (Å²) in [5.74, 6) is 2.25. The Kier molecular flexibility index (Phi) is 3.49. The summed E-state index contributed by atoms with van der Waals surface area (Å²) in [4.78, 5) is 2.19. The van der Waals surface area contributed by atoms with E-state index in [0.29, 0.717) is 11.4 Å². The van der Waals surface area contributed by atoms with E-state index >= 15 is 0 Å². The Bertz CT molecular complexity index is 844. The molecule has 0 spiro atoms. The first-order chi connectivity index (χ1) is 11.7. The van der Waals surface area contributed by atoms with E-state index in [1.807, 2.05) is 26.0 Å². The van der Waals surface area contributed by atoms with Crippen LogP contribution in [0.2, 0.25) is 0 Å². The Morgan fingerprint density at radius 1 is 1.21 bits per heavy atom. The van der Waals surface area contributed by atoms with Crippen molar-refractivity contribution in [3.8, 4) is 17.6 Å². The van der Waals surface area contributed by atoms with E-state index in [2.05, 4.69) is 27.2 Å². The van der Waals surface area contributed by atoms with Crippen molar-refractivity contribution < 1.29 is 9.47 Å². The molecule has 0 N–H and O–H groups in total. The van der Waals surface area contributed by atoms with Crippen LogP contribution in [0, 0.1) is 25.2 Å². The zero-order valence-electron chi connectivity index (χ0n) is 13.7. The number of rotatable bonds is 2. The molecule has 1 fully saturated rings. The second kappa shape index (κ2) is 5.68. The molecule has 0 saturated carbocycles. The van der Waals surface area contributed by atoms with Gasteiger partial charge in [0.2, 0.25) is 6.79 Å². The summed E-state index contributed by atoms with van der Waals surface area (Å²) in [7, 11) is 0. The molecule has 0 bridgehead atoms. The second-order valence-electron chi connectivity index (χ2n) is 6.18. The Hall–Kier alpha value is -2.81. The van der Waals surface area contributed by atoms with Crippen molar-refractivity contribution in [2.75, 3.05) is 18.2 Å². The fourth-order valence-corrected chi connectivity index (χ4v) is 3.42. The highest BCUT2D eigenvalue weighted by Gasteiger charge is 2.31. The van der Waals surface area contributed by atoms with Gasteiger partial charge in [0.05, 0.1) is 11.7 Å². The van der Waals surface area contributed by atoms with Crippen LogP contribution >= 0.6 is 0 Å². The lowest BCUT2D eigenvalue weighted by Gasteiger charge is -2.27. The number of fused-ring (bicyclic) bond motifs is 1. The molecule has 122 valence electrons. The largest absolute Gasteiger partial charge is 0.454 e. The number of hydrogen-bond acceptors (Lipinski definition) is 6. The Morgan fingerprint density at radius 3 is 2.88 bits per heavy atom. The molecule has 4 rings (SSSR count). The topological polar surface area (TPSA) is 71.3 Å². The number of aryl methyl sites for hydroxylation is 1. The van der Waals surface area contributed by atoms with Crippen LogP contribution in [0.5, 0.6) is 11.5 Å². The van der Waals surface area contributed by atoms with Gasteiger partial charge >= 0.3 is 0 Å². The van der Waals surface area contributed by atoms with E-state index in [1.54, 1.807) is 0 Å². The SMILES string of the molecule is Cc1nnc(N2CCC[C@@H]2c2ccc3c(c2)OCO3)c(C#N)c1C. The first kappa shape index (κ1) is 14.8. The van der Waals surface area contributed by atoms with Crippen LogP contribution in [0.3, 0.4) is 0 Å². The van der Waals surface area contributed by atoms with Crippen molar-refractivity contribution in [3.05, 3.63) is 40.6 Å². The van der Waals surface area contributed by atoms with E-state index < -0.39 is 0 Å². The van der Waals surface area contributed by atoms with Gasteiger partial charge in [-0.2, -0.15) is 10.4 Å². The number of ether oxygens (including phenoxy) is 2. The van der Waals surface area contributed by atoms with Gasteiger partial charge in [0, 0.05) is 6.54 Å². The van der Waals surface area contributed by atoms with Gasteiger partial charge in [0.15, 0.2) is 17.3 Å². The lowest BCUT2D eigenvalue weighted by molar-refractivity contribution is 0.174. The van der Waals surface area contributed by atoms with Crippen LogP contribution in [0.4, 0.5) is 5.82 Å². The fraction of sp³-hybridized carbons (Fsp3) is 0.389. The van der Waals surface area contributed by atoms with Crippen LogP contribution in [0.1, 0.15) is 41.3 Å². The van der Waals surface area contributed by atoms with Crippen molar-refractivity contribution in [3.63, 3.8) is 0 Å². The van der Waals surface area contributed by atoms with Crippen molar-refractivity contribution in [2.45, 2.75) is 32.7 Å². The molecule has 24 heavy (non-hydrogen) atoms. The first-order valence-corrected chi connectivity index (χ1v) is 8.09. The van der Waals surface area contributed by atoms with Gasteiger partial charge in [0.25, 0.3) is 0 Å². The van der Waals surface area contributed by atoms with Crippen molar-refractivity contribution in [2.24, 2.45) is 0 Å². The van der Waals surface area contributed by atoms with Crippen LogP contribution in [-0.2, 0) is 0 Å². The molecule has 0 aliphatic carbocycles. The smallest absolute Gasteiger partial charge is 0.231 e. The van der Waals surface area contributed by atoms with Crippen LogP contribution < -0.4 is 14.4 Å².